The molecule has 76 valence electrons. The Morgan fingerprint density at radius 2 is 2.21 bits per heavy atom. The third-order valence-electron chi connectivity index (χ3n) is 1.35. The van der Waals surface area contributed by atoms with Gasteiger partial charge in [-0.05, 0) is 9.91 Å². The summed E-state index contributed by atoms with van der Waals surface area (Å²) in [5.41, 5.74) is -0.611. The van der Waals surface area contributed by atoms with Crippen LogP contribution < -0.4 is 0 Å². The summed E-state index contributed by atoms with van der Waals surface area (Å²) in [6.07, 6.45) is -2.87. The highest BCUT2D eigenvalue weighted by molar-refractivity contribution is 9.10. The molecule has 0 aliphatic heterocycles. The van der Waals surface area contributed by atoms with Crippen molar-refractivity contribution in [1.29, 1.82) is 0 Å². The predicted octanol–water partition coefficient (Wildman–Crippen LogP) is 3.34. The summed E-state index contributed by atoms with van der Waals surface area (Å²) in [6, 6.07) is 0.651. The molecule has 0 radical (unpaired) electrons. The van der Waals surface area contributed by atoms with Gasteiger partial charge in [0.1, 0.15) is 5.02 Å². The number of pyridine rings is 1. The second-order valence-corrected chi connectivity index (χ2v) is 3.36. The molecule has 0 unspecified atom stereocenters. The minimum absolute atomic E-state index is 0.163. The zero-order valence-electron chi connectivity index (χ0n) is 6.38. The van der Waals surface area contributed by atoms with Crippen LogP contribution in [0.15, 0.2) is 10.7 Å². The summed E-state index contributed by atoms with van der Waals surface area (Å²) in [6.45, 7) is 0. The molecular weight excluding hydrogens is 285 g/mol. The van der Waals surface area contributed by atoms with E-state index in [0.717, 1.165) is 0 Å². The van der Waals surface area contributed by atoms with Gasteiger partial charge in [0, 0.05) is 27.6 Å². The molecule has 0 aliphatic carbocycles. The van der Waals surface area contributed by atoms with Gasteiger partial charge in [0.05, 0.1) is 0 Å². The lowest BCUT2D eigenvalue weighted by atomic mass is 10.3. The molecular formula is C6H2BrClF2N2O2. The van der Waals surface area contributed by atoms with E-state index in [4.69, 9.17) is 11.6 Å². The van der Waals surface area contributed by atoms with Crippen molar-refractivity contribution in [3.8, 4) is 0 Å². The van der Waals surface area contributed by atoms with E-state index >= 15 is 0 Å². The Bertz CT molecular complexity index is 388. The van der Waals surface area contributed by atoms with Gasteiger partial charge in [0.15, 0.2) is 0 Å². The molecule has 0 N–H and O–H groups in total. The lowest BCUT2D eigenvalue weighted by Crippen LogP contribution is -1.97. The molecule has 0 amide bonds. The third kappa shape index (κ3) is 2.16. The molecule has 0 atom stereocenters. The minimum atomic E-state index is -2.87. The van der Waals surface area contributed by atoms with Crippen LogP contribution in [0.2, 0.25) is 5.02 Å². The largest absolute Gasteiger partial charge is 0.365 e. The van der Waals surface area contributed by atoms with Crippen molar-refractivity contribution in [3.63, 3.8) is 0 Å². The molecule has 1 aromatic heterocycles. The summed E-state index contributed by atoms with van der Waals surface area (Å²) in [5.74, 6) is -0.670. The van der Waals surface area contributed by atoms with Crippen molar-refractivity contribution in [2.24, 2.45) is 0 Å². The normalized spacial score (nSPS) is 10.6. The first-order valence-corrected chi connectivity index (χ1v) is 4.39. The third-order valence-corrected chi connectivity index (χ3v) is 2.55. The van der Waals surface area contributed by atoms with Crippen LogP contribution in [-0.2, 0) is 0 Å². The van der Waals surface area contributed by atoms with E-state index in [1.54, 1.807) is 0 Å². The summed E-state index contributed by atoms with van der Waals surface area (Å²) in [7, 11) is 0. The van der Waals surface area contributed by atoms with Gasteiger partial charge >= 0.3 is 5.82 Å². The first-order chi connectivity index (χ1) is 6.43. The predicted molar refractivity (Wildman–Crippen MR) is 48.6 cm³/mol. The zero-order valence-corrected chi connectivity index (χ0v) is 8.72. The molecule has 0 fully saturated rings. The Morgan fingerprint density at radius 1 is 1.64 bits per heavy atom. The smallest absolute Gasteiger partial charge is 0.358 e. The highest BCUT2D eigenvalue weighted by Crippen LogP contribution is 2.33. The van der Waals surface area contributed by atoms with Crippen LogP contribution in [0.3, 0.4) is 0 Å². The molecule has 8 heteroatoms. The standard InChI is InChI=1S/C6H2BrClF2N2O2/c7-5-4(8)2(6(9)10)1-3(11-5)12(13)14/h1,6H. The van der Waals surface area contributed by atoms with E-state index in [1.807, 2.05) is 0 Å². The van der Waals surface area contributed by atoms with Crippen molar-refractivity contribution >= 4 is 33.3 Å². The van der Waals surface area contributed by atoms with E-state index in [-0.39, 0.29) is 9.63 Å². The Kier molecular flexibility index (Phi) is 3.33. The van der Waals surface area contributed by atoms with Gasteiger partial charge in [-0.1, -0.05) is 11.6 Å². The summed E-state index contributed by atoms with van der Waals surface area (Å²) >= 11 is 8.21. The number of rotatable bonds is 2. The van der Waals surface area contributed by atoms with Crippen LogP contribution in [0, 0.1) is 10.1 Å². The Balaban J connectivity index is 3.35. The average molecular weight is 287 g/mol. The van der Waals surface area contributed by atoms with E-state index in [2.05, 4.69) is 20.9 Å². The van der Waals surface area contributed by atoms with Crippen LogP contribution in [0.25, 0.3) is 0 Å². The monoisotopic (exact) mass is 286 g/mol. The van der Waals surface area contributed by atoms with Gasteiger partial charge in [0.2, 0.25) is 4.60 Å². The molecule has 1 rings (SSSR count). The highest BCUT2D eigenvalue weighted by Gasteiger charge is 2.22. The second-order valence-electron chi connectivity index (χ2n) is 2.23. The number of alkyl halides is 2. The van der Waals surface area contributed by atoms with Gasteiger partial charge in [-0.3, -0.25) is 0 Å². The van der Waals surface area contributed by atoms with Crippen LogP contribution >= 0.6 is 27.5 Å². The van der Waals surface area contributed by atoms with Gasteiger partial charge < -0.3 is 10.1 Å². The fourth-order valence-electron chi connectivity index (χ4n) is 0.756. The Hall–Kier alpha value is -0.820. The van der Waals surface area contributed by atoms with Crippen molar-refractivity contribution < 1.29 is 13.7 Å². The van der Waals surface area contributed by atoms with Crippen LogP contribution in [-0.4, -0.2) is 9.91 Å². The molecule has 0 saturated carbocycles. The average Bonchev–Trinajstić information content (AvgIpc) is 2.08. The van der Waals surface area contributed by atoms with Crippen molar-refractivity contribution in [2.75, 3.05) is 0 Å². The van der Waals surface area contributed by atoms with Gasteiger partial charge in [-0.25, -0.2) is 8.78 Å². The maximum Gasteiger partial charge on any atom is 0.365 e. The zero-order chi connectivity index (χ0) is 10.9. The first kappa shape index (κ1) is 11.3. The summed E-state index contributed by atoms with van der Waals surface area (Å²) < 4.78 is 24.4. The van der Waals surface area contributed by atoms with Crippen LogP contribution in [0.5, 0.6) is 0 Å². The van der Waals surface area contributed by atoms with Gasteiger partial charge in [-0.2, -0.15) is 0 Å². The molecule has 14 heavy (non-hydrogen) atoms. The molecule has 0 saturated heterocycles. The highest BCUT2D eigenvalue weighted by atomic mass is 79.9. The summed E-state index contributed by atoms with van der Waals surface area (Å²) in [4.78, 5) is 12.8. The number of hydrogen-bond donors (Lipinski definition) is 0. The SMILES string of the molecule is O=[N+]([O-])c1cc(C(F)F)c(Cl)c(Br)n1. The molecule has 0 bridgehead atoms. The molecule has 1 heterocycles. The maximum absolute atomic E-state index is 12.3. The number of nitro groups is 1. The number of nitrogens with zero attached hydrogens (tertiary/aromatic N) is 2. The van der Waals surface area contributed by atoms with Crippen molar-refractivity contribution in [2.45, 2.75) is 6.43 Å². The van der Waals surface area contributed by atoms with Crippen LogP contribution in [0.1, 0.15) is 12.0 Å². The Morgan fingerprint density at radius 3 is 2.64 bits per heavy atom. The van der Waals surface area contributed by atoms with Gasteiger partial charge in [0.25, 0.3) is 6.43 Å². The number of hydrogen-bond acceptors (Lipinski definition) is 3. The molecule has 4 nitrogen and oxygen atoms in total. The van der Waals surface area contributed by atoms with Gasteiger partial charge in [-0.15, -0.1) is 0 Å². The minimum Gasteiger partial charge on any atom is -0.358 e. The summed E-state index contributed by atoms with van der Waals surface area (Å²) in [5, 5.41) is 9.96. The molecule has 0 spiro atoms. The van der Waals surface area contributed by atoms with Crippen molar-refractivity contribution in [1.82, 2.24) is 4.98 Å². The molecule has 0 aliphatic rings. The lowest BCUT2D eigenvalue weighted by molar-refractivity contribution is -0.389. The maximum atomic E-state index is 12.3. The molecule has 0 aromatic carbocycles. The number of halogens is 4. The topological polar surface area (TPSA) is 56.0 Å². The van der Waals surface area contributed by atoms with Crippen LogP contribution in [0.4, 0.5) is 14.6 Å². The number of aromatic nitrogens is 1. The van der Waals surface area contributed by atoms with E-state index in [0.29, 0.717) is 6.07 Å². The Labute approximate surface area is 90.2 Å². The van der Waals surface area contributed by atoms with Crippen molar-refractivity contribution in [3.05, 3.63) is 31.4 Å². The van der Waals surface area contributed by atoms with E-state index in [1.165, 1.54) is 0 Å². The second kappa shape index (κ2) is 4.14. The fraction of sp³-hybridized carbons (Fsp3) is 0.167. The van der Waals surface area contributed by atoms with E-state index in [9.17, 15) is 18.9 Å². The fourth-order valence-corrected chi connectivity index (χ4v) is 1.35. The van der Waals surface area contributed by atoms with E-state index < -0.39 is 22.7 Å². The quantitative estimate of drug-likeness (QED) is 0.476. The first-order valence-electron chi connectivity index (χ1n) is 3.22. The lowest BCUT2D eigenvalue weighted by Gasteiger charge is -2.01. The molecule has 1 aromatic rings.